The van der Waals surface area contributed by atoms with Crippen LogP contribution in [0.25, 0.3) is 10.9 Å². The Hall–Kier alpha value is -1.89. The van der Waals surface area contributed by atoms with Crippen LogP contribution in [0.1, 0.15) is 19.3 Å². The summed E-state index contributed by atoms with van der Waals surface area (Å²) in [4.78, 5) is 28.8. The van der Waals surface area contributed by atoms with Crippen LogP contribution in [0.2, 0.25) is 0 Å². The van der Waals surface area contributed by atoms with Crippen molar-refractivity contribution in [1.82, 2.24) is 9.97 Å². The molecule has 25 heavy (non-hydrogen) atoms. The highest BCUT2D eigenvalue weighted by molar-refractivity contribution is 7.51. The Kier molecular flexibility index (Phi) is 5.13. The predicted octanol–water partition coefficient (Wildman–Crippen LogP) is 2.13. The smallest absolute Gasteiger partial charge is 0.325 e. The molecule has 1 aromatic carbocycles. The zero-order valence-corrected chi connectivity index (χ0v) is 14.9. The molecular formula is C16H22N3O5P. The minimum Gasteiger partial charge on any atom is -0.504 e. The summed E-state index contributed by atoms with van der Waals surface area (Å²) in [6.45, 7) is 1.53. The van der Waals surface area contributed by atoms with Crippen LogP contribution in [0.5, 0.6) is 11.5 Å². The van der Waals surface area contributed by atoms with Crippen molar-refractivity contribution in [2.45, 2.75) is 19.3 Å². The van der Waals surface area contributed by atoms with Gasteiger partial charge in [-0.25, -0.2) is 9.97 Å². The van der Waals surface area contributed by atoms with E-state index in [0.29, 0.717) is 23.6 Å². The summed E-state index contributed by atoms with van der Waals surface area (Å²) in [5.41, 5.74) is 0.645. The molecule has 0 aliphatic carbocycles. The number of anilines is 1. The average molecular weight is 367 g/mol. The first-order valence-corrected chi connectivity index (χ1v) is 9.98. The fourth-order valence-corrected chi connectivity index (χ4v) is 3.96. The number of piperidine rings is 1. The van der Waals surface area contributed by atoms with Crippen molar-refractivity contribution in [2.24, 2.45) is 5.92 Å². The summed E-state index contributed by atoms with van der Waals surface area (Å²) in [6, 6.07) is 3.30. The van der Waals surface area contributed by atoms with Crippen LogP contribution in [0.4, 0.5) is 5.82 Å². The van der Waals surface area contributed by atoms with Crippen LogP contribution in [-0.4, -0.2) is 51.2 Å². The van der Waals surface area contributed by atoms with Gasteiger partial charge in [0.05, 0.1) is 18.8 Å². The molecule has 0 saturated carbocycles. The molecule has 2 heterocycles. The molecule has 0 bridgehead atoms. The van der Waals surface area contributed by atoms with Crippen LogP contribution in [0.15, 0.2) is 18.5 Å². The Morgan fingerprint density at radius 1 is 1.28 bits per heavy atom. The third-order valence-corrected chi connectivity index (χ3v) is 5.50. The minimum atomic E-state index is -3.92. The molecule has 8 nitrogen and oxygen atoms in total. The topological polar surface area (TPSA) is 116 Å². The van der Waals surface area contributed by atoms with Gasteiger partial charge in [-0.3, -0.25) is 4.57 Å². The number of aromatic hydroxyl groups is 1. The van der Waals surface area contributed by atoms with E-state index in [2.05, 4.69) is 14.9 Å². The molecule has 0 spiro atoms. The third kappa shape index (κ3) is 4.21. The van der Waals surface area contributed by atoms with Crippen LogP contribution in [0, 0.1) is 5.92 Å². The second-order valence-corrected chi connectivity index (χ2v) is 8.12. The van der Waals surface area contributed by atoms with Crippen LogP contribution >= 0.6 is 7.60 Å². The first kappa shape index (κ1) is 17.9. The molecule has 1 fully saturated rings. The summed E-state index contributed by atoms with van der Waals surface area (Å²) >= 11 is 0. The number of fused-ring (bicyclic) bond motifs is 1. The number of phenolic OH excluding ortho intramolecular Hbond substituents is 1. The highest BCUT2D eigenvalue weighted by Crippen LogP contribution is 2.39. The molecule has 2 aromatic rings. The highest BCUT2D eigenvalue weighted by Gasteiger charge is 2.24. The lowest BCUT2D eigenvalue weighted by molar-refractivity contribution is 0.350. The van der Waals surface area contributed by atoms with Crippen molar-refractivity contribution in [3.63, 3.8) is 0 Å². The van der Waals surface area contributed by atoms with Crippen molar-refractivity contribution in [1.29, 1.82) is 0 Å². The molecule has 0 amide bonds. The van der Waals surface area contributed by atoms with Crippen molar-refractivity contribution < 1.29 is 24.2 Å². The van der Waals surface area contributed by atoms with Gasteiger partial charge in [-0.2, -0.15) is 0 Å². The molecule has 1 aromatic heterocycles. The molecule has 1 aliphatic rings. The van der Waals surface area contributed by atoms with Gasteiger partial charge in [0.15, 0.2) is 11.5 Å². The van der Waals surface area contributed by atoms with Gasteiger partial charge >= 0.3 is 7.60 Å². The Balaban J connectivity index is 1.76. The van der Waals surface area contributed by atoms with E-state index in [1.54, 1.807) is 12.1 Å². The summed E-state index contributed by atoms with van der Waals surface area (Å²) in [5.74, 6) is 1.52. The molecule has 3 N–H and O–H groups in total. The van der Waals surface area contributed by atoms with E-state index in [9.17, 15) is 9.67 Å². The van der Waals surface area contributed by atoms with Gasteiger partial charge in [0.25, 0.3) is 0 Å². The number of rotatable bonds is 5. The van der Waals surface area contributed by atoms with E-state index in [1.807, 2.05) is 0 Å². The second-order valence-electron chi connectivity index (χ2n) is 6.35. The van der Waals surface area contributed by atoms with E-state index < -0.39 is 7.60 Å². The number of phenols is 1. The number of hydrogen-bond acceptors (Lipinski definition) is 6. The SMILES string of the molecule is COc1cc2c(N3CCC(CCP(=O)(O)O)CC3)ncnc2cc1O. The number of hydrogen-bond donors (Lipinski definition) is 3. The molecule has 0 radical (unpaired) electrons. The van der Waals surface area contributed by atoms with E-state index >= 15 is 0 Å². The monoisotopic (exact) mass is 367 g/mol. The highest BCUT2D eigenvalue weighted by atomic mass is 31.2. The molecule has 0 unspecified atom stereocenters. The summed E-state index contributed by atoms with van der Waals surface area (Å²) in [7, 11) is -2.43. The predicted molar refractivity (Wildman–Crippen MR) is 94.2 cm³/mol. The van der Waals surface area contributed by atoms with E-state index in [0.717, 1.165) is 37.1 Å². The Morgan fingerprint density at radius 3 is 2.64 bits per heavy atom. The normalized spacial score (nSPS) is 16.4. The van der Waals surface area contributed by atoms with Crippen molar-refractivity contribution in [2.75, 3.05) is 31.3 Å². The lowest BCUT2D eigenvalue weighted by Crippen LogP contribution is -2.34. The van der Waals surface area contributed by atoms with Crippen molar-refractivity contribution >= 4 is 24.3 Å². The van der Waals surface area contributed by atoms with E-state index in [-0.39, 0.29) is 11.9 Å². The fourth-order valence-electron chi connectivity index (χ4n) is 3.26. The van der Waals surface area contributed by atoms with Gasteiger partial charge in [-0.05, 0) is 31.2 Å². The maximum absolute atomic E-state index is 11.0. The Bertz CT molecular complexity index is 802. The average Bonchev–Trinajstić information content (AvgIpc) is 2.58. The second kappa shape index (κ2) is 7.15. The number of nitrogens with zero attached hydrogens (tertiary/aromatic N) is 3. The fraction of sp³-hybridized carbons (Fsp3) is 0.500. The molecular weight excluding hydrogens is 345 g/mol. The maximum atomic E-state index is 11.0. The maximum Gasteiger partial charge on any atom is 0.325 e. The Morgan fingerprint density at radius 2 is 2.00 bits per heavy atom. The van der Waals surface area contributed by atoms with Gasteiger partial charge in [0.1, 0.15) is 12.1 Å². The lowest BCUT2D eigenvalue weighted by atomic mass is 9.94. The first-order chi connectivity index (χ1) is 11.9. The third-order valence-electron chi connectivity index (χ3n) is 4.66. The quantitative estimate of drug-likeness (QED) is 0.688. The molecule has 3 rings (SSSR count). The van der Waals surface area contributed by atoms with Crippen LogP contribution < -0.4 is 9.64 Å². The molecule has 1 saturated heterocycles. The molecule has 136 valence electrons. The molecule has 9 heteroatoms. The van der Waals surface area contributed by atoms with Gasteiger partial charge in [-0.1, -0.05) is 0 Å². The summed E-state index contributed by atoms with van der Waals surface area (Å²) in [5, 5.41) is 10.7. The zero-order chi connectivity index (χ0) is 18.0. The standard InChI is InChI=1S/C16H22N3O5P/c1-24-15-8-12-13(9-14(15)20)17-10-18-16(12)19-5-2-11(3-6-19)4-7-25(21,22)23/h8-11,20H,2-7H2,1H3,(H2,21,22,23). The zero-order valence-electron chi connectivity index (χ0n) is 14.0. The summed E-state index contributed by atoms with van der Waals surface area (Å²) in [6.07, 6.45) is 3.69. The van der Waals surface area contributed by atoms with Gasteiger partial charge in [0.2, 0.25) is 0 Å². The number of ether oxygens (including phenoxy) is 1. The van der Waals surface area contributed by atoms with Crippen LogP contribution in [0.3, 0.4) is 0 Å². The number of aromatic nitrogens is 2. The molecule has 1 aliphatic heterocycles. The van der Waals surface area contributed by atoms with Crippen molar-refractivity contribution in [3.05, 3.63) is 18.5 Å². The largest absolute Gasteiger partial charge is 0.504 e. The van der Waals surface area contributed by atoms with E-state index in [4.69, 9.17) is 14.5 Å². The first-order valence-electron chi connectivity index (χ1n) is 8.18. The summed E-state index contributed by atoms with van der Waals surface area (Å²) < 4.78 is 16.2. The Labute approximate surface area is 145 Å². The number of benzene rings is 1. The lowest BCUT2D eigenvalue weighted by Gasteiger charge is -2.33. The van der Waals surface area contributed by atoms with Gasteiger partial charge in [-0.15, -0.1) is 0 Å². The van der Waals surface area contributed by atoms with Gasteiger partial charge in [0, 0.05) is 24.5 Å². The van der Waals surface area contributed by atoms with Crippen LogP contribution in [-0.2, 0) is 4.57 Å². The minimum absolute atomic E-state index is 0.0378. The van der Waals surface area contributed by atoms with Gasteiger partial charge < -0.3 is 24.5 Å². The number of methoxy groups -OCH3 is 1. The molecule has 0 atom stereocenters. The van der Waals surface area contributed by atoms with E-state index in [1.165, 1.54) is 13.4 Å². The van der Waals surface area contributed by atoms with Crippen molar-refractivity contribution in [3.8, 4) is 11.5 Å².